The lowest BCUT2D eigenvalue weighted by atomic mass is 10.4. The summed E-state index contributed by atoms with van der Waals surface area (Å²) < 4.78 is 15.4. The molecule has 0 fully saturated rings. The fourth-order valence-corrected chi connectivity index (χ4v) is 1.25. The topological polar surface area (TPSA) is 68.6 Å². The van der Waals surface area contributed by atoms with Crippen molar-refractivity contribution in [3.63, 3.8) is 0 Å². The molecule has 1 aromatic rings. The van der Waals surface area contributed by atoms with Gasteiger partial charge in [0.05, 0.1) is 18.4 Å². The molecule has 6 heteroatoms. The summed E-state index contributed by atoms with van der Waals surface area (Å²) in [5.74, 6) is 0. The number of ether oxygens (including phenoxy) is 2. The summed E-state index contributed by atoms with van der Waals surface area (Å²) >= 11 is 0. The first kappa shape index (κ1) is 13.0. The number of oxazole rings is 1. The van der Waals surface area contributed by atoms with E-state index in [0.717, 1.165) is 5.69 Å². The molecular formula is C10H19N3O3. The van der Waals surface area contributed by atoms with Crippen LogP contribution in [0, 0.1) is 0 Å². The molecule has 16 heavy (non-hydrogen) atoms. The van der Waals surface area contributed by atoms with Crippen LogP contribution in [0.1, 0.15) is 5.69 Å². The number of hydrogen-bond acceptors (Lipinski definition) is 6. The molecule has 0 amide bonds. The average molecular weight is 229 g/mol. The van der Waals surface area contributed by atoms with Gasteiger partial charge in [0.15, 0.2) is 0 Å². The molecule has 92 valence electrons. The quantitative estimate of drug-likeness (QED) is 0.675. The van der Waals surface area contributed by atoms with Crippen LogP contribution in [0.4, 0.5) is 6.01 Å². The number of rotatable bonds is 8. The van der Waals surface area contributed by atoms with Crippen LogP contribution in [0.25, 0.3) is 0 Å². The number of aromatic nitrogens is 1. The zero-order valence-electron chi connectivity index (χ0n) is 9.95. The maximum absolute atomic E-state index is 5.23. The largest absolute Gasteiger partial charge is 0.432 e. The van der Waals surface area contributed by atoms with Crippen LogP contribution in [-0.2, 0) is 16.0 Å². The van der Waals surface area contributed by atoms with Gasteiger partial charge in [0.25, 0.3) is 6.01 Å². The summed E-state index contributed by atoms with van der Waals surface area (Å²) in [6.45, 7) is 1.83. The first-order valence-electron chi connectivity index (χ1n) is 5.14. The number of hydrogen-bond donors (Lipinski definition) is 2. The van der Waals surface area contributed by atoms with Crippen LogP contribution in [0.2, 0.25) is 0 Å². The molecule has 1 atom stereocenters. The van der Waals surface area contributed by atoms with Gasteiger partial charge in [-0.2, -0.15) is 4.98 Å². The van der Waals surface area contributed by atoms with E-state index in [1.54, 1.807) is 20.5 Å². The Hall–Kier alpha value is -1.11. The van der Waals surface area contributed by atoms with Gasteiger partial charge in [-0.3, -0.25) is 0 Å². The van der Waals surface area contributed by atoms with Crippen molar-refractivity contribution in [1.29, 1.82) is 0 Å². The Morgan fingerprint density at radius 3 is 2.94 bits per heavy atom. The van der Waals surface area contributed by atoms with Gasteiger partial charge in [0.2, 0.25) is 0 Å². The van der Waals surface area contributed by atoms with Crippen molar-refractivity contribution < 1.29 is 13.9 Å². The second-order valence-electron chi connectivity index (χ2n) is 3.37. The van der Waals surface area contributed by atoms with E-state index in [1.807, 2.05) is 7.05 Å². The minimum absolute atomic E-state index is 0.00958. The third-order valence-electron chi connectivity index (χ3n) is 2.08. The SMILES string of the molecule is CNCc1coc(NCC(COC)OC)n1. The average Bonchev–Trinajstić information content (AvgIpc) is 2.72. The van der Waals surface area contributed by atoms with Crippen molar-refractivity contribution in [2.24, 2.45) is 0 Å². The predicted molar refractivity (Wildman–Crippen MR) is 60.4 cm³/mol. The Morgan fingerprint density at radius 2 is 2.31 bits per heavy atom. The summed E-state index contributed by atoms with van der Waals surface area (Å²) in [6, 6.07) is 0.503. The van der Waals surface area contributed by atoms with Crippen molar-refractivity contribution in [3.05, 3.63) is 12.0 Å². The molecule has 1 rings (SSSR count). The van der Waals surface area contributed by atoms with Crippen molar-refractivity contribution in [1.82, 2.24) is 10.3 Å². The summed E-state index contributed by atoms with van der Waals surface area (Å²) in [5, 5.41) is 6.05. The first-order chi connectivity index (χ1) is 7.80. The van der Waals surface area contributed by atoms with E-state index in [9.17, 15) is 0 Å². The summed E-state index contributed by atoms with van der Waals surface area (Å²) in [6.07, 6.45) is 1.61. The minimum atomic E-state index is -0.00958. The summed E-state index contributed by atoms with van der Waals surface area (Å²) in [4.78, 5) is 4.23. The zero-order valence-corrected chi connectivity index (χ0v) is 9.95. The molecule has 0 spiro atoms. The molecule has 2 N–H and O–H groups in total. The smallest absolute Gasteiger partial charge is 0.294 e. The lowest BCUT2D eigenvalue weighted by Crippen LogP contribution is -2.26. The van der Waals surface area contributed by atoms with E-state index in [-0.39, 0.29) is 6.10 Å². The lowest BCUT2D eigenvalue weighted by Gasteiger charge is -2.13. The predicted octanol–water partition coefficient (Wildman–Crippen LogP) is 0.467. The number of nitrogens with zero attached hydrogens (tertiary/aromatic N) is 1. The zero-order chi connectivity index (χ0) is 11.8. The van der Waals surface area contributed by atoms with E-state index in [4.69, 9.17) is 13.9 Å². The van der Waals surface area contributed by atoms with Crippen LogP contribution in [0.15, 0.2) is 10.7 Å². The van der Waals surface area contributed by atoms with Crippen molar-refractivity contribution in [2.75, 3.05) is 39.7 Å². The van der Waals surface area contributed by atoms with Gasteiger partial charge in [-0.25, -0.2) is 0 Å². The highest BCUT2D eigenvalue weighted by Gasteiger charge is 2.08. The number of anilines is 1. The van der Waals surface area contributed by atoms with Gasteiger partial charge in [0.1, 0.15) is 6.26 Å². The normalized spacial score (nSPS) is 12.7. The van der Waals surface area contributed by atoms with Gasteiger partial charge in [-0.15, -0.1) is 0 Å². The van der Waals surface area contributed by atoms with Crippen LogP contribution in [0.5, 0.6) is 0 Å². The molecule has 0 radical (unpaired) electrons. The maximum Gasteiger partial charge on any atom is 0.294 e. The van der Waals surface area contributed by atoms with E-state index in [2.05, 4.69) is 15.6 Å². The van der Waals surface area contributed by atoms with E-state index >= 15 is 0 Å². The Kier molecular flexibility index (Phi) is 5.84. The molecule has 0 aliphatic heterocycles. The molecule has 1 heterocycles. The highest BCUT2D eigenvalue weighted by atomic mass is 16.5. The molecule has 6 nitrogen and oxygen atoms in total. The van der Waals surface area contributed by atoms with E-state index in [1.165, 1.54) is 0 Å². The highest BCUT2D eigenvalue weighted by molar-refractivity contribution is 5.21. The van der Waals surface area contributed by atoms with E-state index in [0.29, 0.717) is 25.7 Å². The Bertz CT molecular complexity index is 291. The fourth-order valence-electron chi connectivity index (χ4n) is 1.25. The molecule has 0 saturated heterocycles. The number of nitrogens with one attached hydrogen (secondary N) is 2. The molecule has 0 saturated carbocycles. The van der Waals surface area contributed by atoms with E-state index < -0.39 is 0 Å². The molecule has 1 aromatic heterocycles. The number of methoxy groups -OCH3 is 2. The molecule has 1 unspecified atom stereocenters. The minimum Gasteiger partial charge on any atom is -0.432 e. The third kappa shape index (κ3) is 4.18. The molecular weight excluding hydrogens is 210 g/mol. The van der Waals surface area contributed by atoms with Gasteiger partial charge in [0, 0.05) is 27.3 Å². The lowest BCUT2D eigenvalue weighted by molar-refractivity contribution is 0.0363. The molecule has 0 aliphatic carbocycles. The fraction of sp³-hybridized carbons (Fsp3) is 0.700. The van der Waals surface area contributed by atoms with Crippen LogP contribution < -0.4 is 10.6 Å². The summed E-state index contributed by atoms with van der Waals surface area (Å²) in [5.41, 5.74) is 0.866. The molecule has 0 aromatic carbocycles. The standard InChI is InChI=1S/C10H19N3O3/c1-11-4-8-6-16-10(13-8)12-5-9(15-3)7-14-2/h6,9,11H,4-5,7H2,1-3H3,(H,12,13). The van der Waals surface area contributed by atoms with Gasteiger partial charge in [-0.1, -0.05) is 0 Å². The van der Waals surface area contributed by atoms with Crippen molar-refractivity contribution in [3.8, 4) is 0 Å². The second kappa shape index (κ2) is 7.21. The molecule has 0 bridgehead atoms. The van der Waals surface area contributed by atoms with Crippen molar-refractivity contribution in [2.45, 2.75) is 12.6 Å². The van der Waals surface area contributed by atoms with Gasteiger partial charge >= 0.3 is 0 Å². The highest BCUT2D eigenvalue weighted by Crippen LogP contribution is 2.07. The van der Waals surface area contributed by atoms with Crippen LogP contribution in [0.3, 0.4) is 0 Å². The van der Waals surface area contributed by atoms with Crippen LogP contribution in [-0.4, -0.2) is 45.5 Å². The van der Waals surface area contributed by atoms with Crippen LogP contribution >= 0.6 is 0 Å². The summed E-state index contributed by atoms with van der Waals surface area (Å²) in [7, 11) is 5.15. The first-order valence-corrected chi connectivity index (χ1v) is 5.14. The Labute approximate surface area is 95.3 Å². The van der Waals surface area contributed by atoms with Gasteiger partial charge < -0.3 is 24.5 Å². The third-order valence-corrected chi connectivity index (χ3v) is 2.08. The Balaban J connectivity index is 2.34. The Morgan fingerprint density at radius 1 is 1.50 bits per heavy atom. The second-order valence-corrected chi connectivity index (χ2v) is 3.37. The van der Waals surface area contributed by atoms with Gasteiger partial charge in [-0.05, 0) is 7.05 Å². The van der Waals surface area contributed by atoms with Crippen molar-refractivity contribution >= 4 is 6.01 Å². The molecule has 0 aliphatic rings. The monoisotopic (exact) mass is 229 g/mol. The maximum atomic E-state index is 5.23.